The van der Waals surface area contributed by atoms with Crippen LogP contribution in [0, 0.1) is 52.3 Å². The predicted molar refractivity (Wildman–Crippen MR) is 113 cm³/mol. The van der Waals surface area contributed by atoms with Crippen molar-refractivity contribution < 1.29 is 22.2 Å². The first kappa shape index (κ1) is 15.6. The van der Waals surface area contributed by atoms with Crippen molar-refractivity contribution in [3.63, 3.8) is 0 Å². The Balaban J connectivity index is 1.78. The van der Waals surface area contributed by atoms with Gasteiger partial charge >= 0.3 is 0 Å². The largest absolute Gasteiger partial charge is 0.396 e. The molecule has 11 atom stereocenters. The van der Waals surface area contributed by atoms with Crippen LogP contribution in [0.1, 0.15) is 92.2 Å². The highest BCUT2D eigenvalue weighted by atomic mass is 16.3. The van der Waals surface area contributed by atoms with E-state index in [1.54, 1.807) is 0 Å². The molecule has 4 aliphatic carbocycles. The molecule has 4 rings (SSSR count). The molecular formula is C25H44O3. The van der Waals surface area contributed by atoms with Gasteiger partial charge in [0, 0.05) is 12.1 Å². The monoisotopic (exact) mass is 397 g/mol. The van der Waals surface area contributed by atoms with Gasteiger partial charge in [0.05, 0.1) is 13.6 Å². The zero-order valence-corrected chi connectivity index (χ0v) is 18.1. The molecule has 162 valence electrons. The Morgan fingerprint density at radius 1 is 1.07 bits per heavy atom. The first-order valence-electron chi connectivity index (χ1n) is 14.1. The van der Waals surface area contributed by atoms with Gasteiger partial charge in [-0.2, -0.15) is 0 Å². The van der Waals surface area contributed by atoms with Crippen molar-refractivity contribution in [1.29, 1.82) is 0 Å². The summed E-state index contributed by atoms with van der Waals surface area (Å²) in [6, 6.07) is 0. The second kappa shape index (κ2) is 7.54. The summed E-state index contributed by atoms with van der Waals surface area (Å²) < 4.78 is 43.1. The van der Waals surface area contributed by atoms with Gasteiger partial charge in [0.15, 0.2) is 0 Å². The van der Waals surface area contributed by atoms with Crippen molar-refractivity contribution in [2.75, 3.05) is 6.61 Å². The second-order valence-electron chi connectivity index (χ2n) is 10.9. The van der Waals surface area contributed by atoms with Crippen LogP contribution < -0.4 is 0 Å². The smallest absolute Gasteiger partial charge is 0.0605 e. The fourth-order valence-electron chi connectivity index (χ4n) is 8.49. The van der Waals surface area contributed by atoms with Crippen LogP contribution in [0.5, 0.6) is 0 Å². The van der Waals surface area contributed by atoms with Gasteiger partial charge in [0.25, 0.3) is 0 Å². The minimum Gasteiger partial charge on any atom is -0.396 e. The third-order valence-corrected chi connectivity index (χ3v) is 9.90. The molecular weight excluding hydrogens is 348 g/mol. The Labute approximate surface area is 179 Å². The van der Waals surface area contributed by atoms with E-state index in [4.69, 9.17) is 6.85 Å². The molecule has 0 saturated heterocycles. The SMILES string of the molecule is [2H]C1([2H])C[C@@]2(C)[C@H]([C@@H](CC)[C@@H](O)[C@@H]3[C@@H]2CC[C@]2(C)[C@@H]([C@H](C)CCO)CC[C@@H]32)C([2H])([2H])[C@]1([2H])O. The third kappa shape index (κ3) is 2.94. The van der Waals surface area contributed by atoms with E-state index in [0.717, 1.165) is 32.1 Å². The summed E-state index contributed by atoms with van der Waals surface area (Å²) in [4.78, 5) is 0. The molecule has 28 heavy (non-hydrogen) atoms. The summed E-state index contributed by atoms with van der Waals surface area (Å²) in [7, 11) is 0. The molecule has 4 saturated carbocycles. The van der Waals surface area contributed by atoms with Crippen LogP contribution in [0.2, 0.25) is 0 Å². The first-order chi connectivity index (χ1) is 15.1. The molecule has 0 aliphatic heterocycles. The van der Waals surface area contributed by atoms with Gasteiger partial charge in [-0.05, 0) is 104 Å². The van der Waals surface area contributed by atoms with E-state index in [-0.39, 0.29) is 36.2 Å². The van der Waals surface area contributed by atoms with Crippen LogP contribution in [-0.2, 0) is 0 Å². The van der Waals surface area contributed by atoms with Crippen LogP contribution in [0.4, 0.5) is 0 Å². The molecule has 0 aromatic heterocycles. The summed E-state index contributed by atoms with van der Waals surface area (Å²) in [6.07, 6.45) is -3.30. The van der Waals surface area contributed by atoms with E-state index in [0.29, 0.717) is 18.3 Å². The summed E-state index contributed by atoms with van der Waals surface area (Å²) >= 11 is 0. The zero-order valence-electron chi connectivity index (χ0n) is 23.1. The van der Waals surface area contributed by atoms with Gasteiger partial charge in [0.2, 0.25) is 0 Å². The van der Waals surface area contributed by atoms with Gasteiger partial charge in [0.1, 0.15) is 0 Å². The molecule has 0 heterocycles. The fraction of sp³-hybridized carbons (Fsp3) is 1.00. The fourth-order valence-corrected chi connectivity index (χ4v) is 8.49. The lowest BCUT2D eigenvalue weighted by atomic mass is 9.41. The lowest BCUT2D eigenvalue weighted by molar-refractivity contribution is -0.203. The van der Waals surface area contributed by atoms with Crippen molar-refractivity contribution in [3.8, 4) is 0 Å². The average Bonchev–Trinajstić information content (AvgIpc) is 3.05. The zero-order chi connectivity index (χ0) is 24.8. The van der Waals surface area contributed by atoms with E-state index in [9.17, 15) is 15.3 Å². The lowest BCUT2D eigenvalue weighted by Gasteiger charge is -2.64. The van der Waals surface area contributed by atoms with Gasteiger partial charge in [-0.1, -0.05) is 34.1 Å². The molecule has 0 amide bonds. The van der Waals surface area contributed by atoms with Gasteiger partial charge in [-0.15, -0.1) is 0 Å². The van der Waals surface area contributed by atoms with Crippen molar-refractivity contribution in [1.82, 2.24) is 0 Å². The summed E-state index contributed by atoms with van der Waals surface area (Å²) in [5, 5.41) is 32.2. The molecule has 0 radical (unpaired) electrons. The van der Waals surface area contributed by atoms with Gasteiger partial charge < -0.3 is 15.3 Å². The van der Waals surface area contributed by atoms with Crippen LogP contribution >= 0.6 is 0 Å². The highest BCUT2D eigenvalue weighted by Gasteiger charge is 2.64. The molecule has 0 bridgehead atoms. The maximum Gasteiger partial charge on any atom is 0.0605 e. The van der Waals surface area contributed by atoms with Crippen LogP contribution in [0.25, 0.3) is 0 Å². The Morgan fingerprint density at radius 3 is 2.46 bits per heavy atom. The molecule has 0 spiro atoms. The van der Waals surface area contributed by atoms with E-state index >= 15 is 0 Å². The number of rotatable bonds is 4. The standard InChI is InChI=1S/C25H44O3/c1-5-17-21-14-16(27)8-11-25(21,4)20-9-12-24(3)18(15(2)10-13-26)6-7-19(24)22(20)23(17)28/h15-23,26-28H,5-14H2,1-4H3/t15-,16-,17-,18-,19+,20+,21+,22+,23-,24-,25-/m1/s1/i8D2,14D2,16D. The molecule has 4 aliphatic rings. The normalized spacial score (nSPS) is 63.4. The molecule has 3 nitrogen and oxygen atoms in total. The molecule has 0 unspecified atom stereocenters. The van der Waals surface area contributed by atoms with Crippen molar-refractivity contribution in [2.45, 2.75) is 97.6 Å². The third-order valence-electron chi connectivity index (χ3n) is 9.90. The maximum absolute atomic E-state index is 11.8. The summed E-state index contributed by atoms with van der Waals surface area (Å²) in [5.41, 5.74) is -0.679. The average molecular weight is 398 g/mol. The summed E-state index contributed by atoms with van der Waals surface area (Å²) in [5.74, 6) is -0.0724. The molecule has 4 fully saturated rings. The highest BCUT2D eigenvalue weighted by molar-refractivity contribution is 5.13. The minimum atomic E-state index is -2.86. The van der Waals surface area contributed by atoms with E-state index < -0.39 is 42.2 Å². The first-order valence-corrected chi connectivity index (χ1v) is 11.6. The van der Waals surface area contributed by atoms with E-state index in [2.05, 4.69) is 13.8 Å². The minimum absolute atomic E-state index is 0.0233. The number of hydrogen-bond acceptors (Lipinski definition) is 3. The van der Waals surface area contributed by atoms with Crippen molar-refractivity contribution >= 4 is 0 Å². The number of fused-ring (bicyclic) bond motifs is 5. The van der Waals surface area contributed by atoms with E-state index in [1.165, 1.54) is 0 Å². The topological polar surface area (TPSA) is 60.7 Å². The van der Waals surface area contributed by atoms with Gasteiger partial charge in [-0.25, -0.2) is 0 Å². The maximum atomic E-state index is 11.8. The molecule has 0 aromatic carbocycles. The van der Waals surface area contributed by atoms with Crippen molar-refractivity contribution in [2.24, 2.45) is 52.3 Å². The molecule has 3 N–H and O–H groups in total. The van der Waals surface area contributed by atoms with Crippen LogP contribution in [0.15, 0.2) is 0 Å². The lowest BCUT2D eigenvalue weighted by Crippen LogP contribution is -2.62. The van der Waals surface area contributed by atoms with Crippen molar-refractivity contribution in [3.05, 3.63) is 0 Å². The molecule has 0 aromatic rings. The predicted octanol–water partition coefficient (Wildman–Crippen LogP) is 4.63. The number of aliphatic hydroxyl groups is 3. The van der Waals surface area contributed by atoms with Crippen LogP contribution in [-0.4, -0.2) is 34.1 Å². The Morgan fingerprint density at radius 2 is 1.79 bits per heavy atom. The summed E-state index contributed by atoms with van der Waals surface area (Å²) in [6.45, 7) is 8.69. The second-order valence-corrected chi connectivity index (χ2v) is 10.9. The Hall–Kier alpha value is -0.120. The Bertz CT molecular complexity index is 760. The van der Waals surface area contributed by atoms with Gasteiger partial charge in [-0.3, -0.25) is 0 Å². The number of hydrogen-bond donors (Lipinski definition) is 3. The highest BCUT2D eigenvalue weighted by Crippen LogP contribution is 2.69. The Kier molecular flexibility index (Phi) is 4.21. The van der Waals surface area contributed by atoms with E-state index in [1.807, 2.05) is 13.8 Å². The molecule has 3 heteroatoms. The number of aliphatic hydroxyl groups excluding tert-OH is 2. The van der Waals surface area contributed by atoms with Crippen LogP contribution in [0.3, 0.4) is 0 Å². The quantitative estimate of drug-likeness (QED) is 0.648.